The highest BCUT2D eigenvalue weighted by Gasteiger charge is 2.14. The summed E-state index contributed by atoms with van der Waals surface area (Å²) in [5.41, 5.74) is 6.80. The molecule has 0 aliphatic carbocycles. The van der Waals surface area contributed by atoms with Crippen LogP contribution < -0.4 is 10.5 Å². The Hall–Kier alpha value is -1.78. The van der Waals surface area contributed by atoms with Crippen molar-refractivity contribution in [2.45, 2.75) is 6.92 Å². The first kappa shape index (κ1) is 14.6. The second kappa shape index (κ2) is 6.11. The molecule has 0 saturated heterocycles. The molecule has 0 aliphatic rings. The minimum absolute atomic E-state index is 0.198. The molecule has 0 radical (unpaired) electrons. The van der Waals surface area contributed by atoms with Gasteiger partial charge in [0, 0.05) is 10.6 Å². The molecule has 0 unspecified atom stereocenters. The summed E-state index contributed by atoms with van der Waals surface area (Å²) < 4.78 is 5.34. The van der Waals surface area contributed by atoms with Crippen LogP contribution in [-0.4, -0.2) is 17.5 Å². The van der Waals surface area contributed by atoms with Crippen LogP contribution in [0.1, 0.15) is 17.3 Å². The van der Waals surface area contributed by atoms with Gasteiger partial charge in [-0.3, -0.25) is 4.79 Å². The first-order valence-electron chi connectivity index (χ1n) is 5.92. The van der Waals surface area contributed by atoms with E-state index in [1.165, 1.54) is 0 Å². The van der Waals surface area contributed by atoms with Gasteiger partial charge in [-0.05, 0) is 37.3 Å². The number of halogens is 2. The van der Waals surface area contributed by atoms with Gasteiger partial charge in [-0.2, -0.15) is 0 Å². The zero-order chi connectivity index (χ0) is 14.7. The quantitative estimate of drug-likeness (QED) is 0.939. The van der Waals surface area contributed by atoms with Crippen LogP contribution in [0.15, 0.2) is 30.3 Å². The average Bonchev–Trinajstić information content (AvgIpc) is 2.38. The van der Waals surface area contributed by atoms with Crippen LogP contribution >= 0.6 is 23.2 Å². The first-order chi connectivity index (χ1) is 9.52. The molecule has 4 nitrogen and oxygen atoms in total. The Bertz CT molecular complexity index is 660. The lowest BCUT2D eigenvalue weighted by atomic mass is 10.1. The molecule has 2 rings (SSSR count). The maximum Gasteiger partial charge on any atom is 0.254 e. The van der Waals surface area contributed by atoms with E-state index in [9.17, 15) is 4.79 Å². The number of carbonyl (C=O) groups excluding carboxylic acids is 1. The van der Waals surface area contributed by atoms with Gasteiger partial charge in [-0.25, -0.2) is 4.98 Å². The smallest absolute Gasteiger partial charge is 0.254 e. The predicted octanol–water partition coefficient (Wildman–Crippen LogP) is 3.55. The molecule has 0 bridgehead atoms. The van der Waals surface area contributed by atoms with Crippen LogP contribution in [0.4, 0.5) is 0 Å². The van der Waals surface area contributed by atoms with Gasteiger partial charge in [-0.15, -0.1) is 0 Å². The number of nitrogens with two attached hydrogens (primary N) is 1. The fraction of sp³-hybridized carbons (Fsp3) is 0.143. The van der Waals surface area contributed by atoms with Gasteiger partial charge < -0.3 is 10.5 Å². The van der Waals surface area contributed by atoms with Crippen LogP contribution in [0.5, 0.6) is 5.88 Å². The number of hydrogen-bond acceptors (Lipinski definition) is 3. The summed E-state index contributed by atoms with van der Waals surface area (Å²) in [6.07, 6.45) is 0. The highest BCUT2D eigenvalue weighted by atomic mass is 35.5. The minimum atomic E-state index is -0.588. The van der Waals surface area contributed by atoms with E-state index in [2.05, 4.69) is 4.98 Å². The van der Waals surface area contributed by atoms with Crippen molar-refractivity contribution in [3.8, 4) is 17.1 Å². The van der Waals surface area contributed by atoms with Crippen molar-refractivity contribution < 1.29 is 9.53 Å². The number of pyridine rings is 1. The van der Waals surface area contributed by atoms with E-state index in [1.54, 1.807) is 37.3 Å². The Labute approximate surface area is 126 Å². The van der Waals surface area contributed by atoms with Gasteiger partial charge >= 0.3 is 0 Å². The van der Waals surface area contributed by atoms with Crippen molar-refractivity contribution in [2.75, 3.05) is 6.61 Å². The summed E-state index contributed by atoms with van der Waals surface area (Å²) >= 11 is 12.0. The van der Waals surface area contributed by atoms with Gasteiger partial charge in [0.05, 0.1) is 17.3 Å². The summed E-state index contributed by atoms with van der Waals surface area (Å²) in [5, 5.41) is 1.01. The minimum Gasteiger partial charge on any atom is -0.477 e. The van der Waals surface area contributed by atoms with Crippen molar-refractivity contribution >= 4 is 29.1 Å². The Morgan fingerprint density at radius 3 is 2.65 bits per heavy atom. The number of primary amides is 1. The third-order valence-corrected chi connectivity index (χ3v) is 3.16. The lowest BCUT2D eigenvalue weighted by molar-refractivity contribution is 0.0996. The molecule has 6 heteroatoms. The average molecular weight is 311 g/mol. The third kappa shape index (κ3) is 3.03. The Kier molecular flexibility index (Phi) is 4.47. The molecule has 1 heterocycles. The van der Waals surface area contributed by atoms with Crippen LogP contribution in [0.25, 0.3) is 11.3 Å². The van der Waals surface area contributed by atoms with E-state index in [1.807, 2.05) is 0 Å². The number of carbonyl (C=O) groups is 1. The summed E-state index contributed by atoms with van der Waals surface area (Å²) in [7, 11) is 0. The van der Waals surface area contributed by atoms with Crippen LogP contribution in [-0.2, 0) is 0 Å². The van der Waals surface area contributed by atoms with E-state index in [0.29, 0.717) is 27.9 Å². The van der Waals surface area contributed by atoms with Gasteiger partial charge in [0.25, 0.3) is 5.91 Å². The second-order valence-electron chi connectivity index (χ2n) is 3.97. The molecule has 0 fully saturated rings. The number of amides is 1. The van der Waals surface area contributed by atoms with Crippen molar-refractivity contribution in [3.05, 3.63) is 45.9 Å². The third-order valence-electron chi connectivity index (χ3n) is 2.61. The summed E-state index contributed by atoms with van der Waals surface area (Å²) in [5.74, 6) is -0.391. The normalized spacial score (nSPS) is 10.3. The molecule has 1 aromatic heterocycles. The monoisotopic (exact) mass is 310 g/mol. The lowest BCUT2D eigenvalue weighted by Gasteiger charge is -2.10. The maximum absolute atomic E-state index is 11.3. The van der Waals surface area contributed by atoms with E-state index in [0.717, 1.165) is 0 Å². The first-order valence-corrected chi connectivity index (χ1v) is 6.67. The Morgan fingerprint density at radius 2 is 2.05 bits per heavy atom. The number of hydrogen-bond donors (Lipinski definition) is 1. The zero-order valence-corrected chi connectivity index (χ0v) is 12.2. The van der Waals surface area contributed by atoms with Crippen molar-refractivity contribution in [1.82, 2.24) is 4.98 Å². The van der Waals surface area contributed by atoms with Crippen LogP contribution in [0.3, 0.4) is 0 Å². The van der Waals surface area contributed by atoms with E-state index in [-0.39, 0.29) is 11.4 Å². The molecule has 0 spiro atoms. The zero-order valence-electron chi connectivity index (χ0n) is 10.7. The number of aromatic nitrogens is 1. The van der Waals surface area contributed by atoms with Crippen molar-refractivity contribution in [2.24, 2.45) is 5.73 Å². The molecule has 2 aromatic rings. The van der Waals surface area contributed by atoms with E-state index < -0.39 is 5.91 Å². The largest absolute Gasteiger partial charge is 0.477 e. The highest BCUT2D eigenvalue weighted by Crippen LogP contribution is 2.31. The molecule has 0 saturated carbocycles. The fourth-order valence-corrected chi connectivity index (χ4v) is 2.23. The van der Waals surface area contributed by atoms with Crippen molar-refractivity contribution in [1.29, 1.82) is 0 Å². The number of ether oxygens (including phenoxy) is 1. The molecule has 20 heavy (non-hydrogen) atoms. The van der Waals surface area contributed by atoms with Crippen LogP contribution in [0.2, 0.25) is 10.0 Å². The number of nitrogens with zero attached hydrogens (tertiary/aromatic N) is 1. The molecule has 0 aliphatic heterocycles. The second-order valence-corrected chi connectivity index (χ2v) is 4.81. The Balaban J connectivity index is 2.52. The lowest BCUT2D eigenvalue weighted by Crippen LogP contribution is -2.14. The van der Waals surface area contributed by atoms with Gasteiger partial charge in [0.1, 0.15) is 5.56 Å². The number of rotatable bonds is 4. The SMILES string of the molecule is CCOc1nc(-c2ccc(Cl)cc2Cl)ccc1C(N)=O. The van der Waals surface area contributed by atoms with Gasteiger partial charge in [-0.1, -0.05) is 23.2 Å². The molecular weight excluding hydrogens is 299 g/mol. The number of benzene rings is 1. The topological polar surface area (TPSA) is 65.2 Å². The van der Waals surface area contributed by atoms with Crippen LogP contribution in [0, 0.1) is 0 Å². The molecule has 2 N–H and O–H groups in total. The molecule has 1 aromatic carbocycles. The fourth-order valence-electron chi connectivity index (χ4n) is 1.72. The molecule has 104 valence electrons. The van der Waals surface area contributed by atoms with E-state index in [4.69, 9.17) is 33.7 Å². The molecule has 0 atom stereocenters. The summed E-state index contributed by atoms with van der Waals surface area (Å²) in [4.78, 5) is 15.6. The summed E-state index contributed by atoms with van der Waals surface area (Å²) in [6, 6.07) is 8.33. The Morgan fingerprint density at radius 1 is 1.30 bits per heavy atom. The predicted molar refractivity (Wildman–Crippen MR) is 79.4 cm³/mol. The van der Waals surface area contributed by atoms with Gasteiger partial charge in [0.15, 0.2) is 0 Å². The molecule has 1 amide bonds. The standard InChI is InChI=1S/C14H12Cl2N2O2/c1-2-20-14-10(13(17)19)5-6-12(18-14)9-4-3-8(15)7-11(9)16/h3-7H,2H2,1H3,(H2,17,19). The van der Waals surface area contributed by atoms with E-state index >= 15 is 0 Å². The summed E-state index contributed by atoms with van der Waals surface area (Å²) in [6.45, 7) is 2.18. The maximum atomic E-state index is 11.3. The van der Waals surface area contributed by atoms with Crippen molar-refractivity contribution in [3.63, 3.8) is 0 Å². The highest BCUT2D eigenvalue weighted by molar-refractivity contribution is 6.36. The molecular formula is C14H12Cl2N2O2. The van der Waals surface area contributed by atoms with Gasteiger partial charge in [0.2, 0.25) is 5.88 Å².